The summed E-state index contributed by atoms with van der Waals surface area (Å²) < 4.78 is 31.0. The molecule has 0 aromatic carbocycles. The van der Waals surface area contributed by atoms with E-state index in [1.54, 1.807) is 10.9 Å². The van der Waals surface area contributed by atoms with Crippen LogP contribution in [0.1, 0.15) is 12.7 Å². The lowest BCUT2D eigenvalue weighted by Crippen LogP contribution is -2.42. The number of aliphatic hydroxyl groups excluding tert-OH is 1. The van der Waals surface area contributed by atoms with Crippen molar-refractivity contribution >= 4 is 21.6 Å². The third kappa shape index (κ3) is 3.82. The molecule has 3 rings (SSSR count). The first kappa shape index (κ1) is 17.5. The van der Waals surface area contributed by atoms with Gasteiger partial charge in [0.05, 0.1) is 30.2 Å². The Morgan fingerprint density at radius 1 is 1.46 bits per heavy atom. The molecular formula is C14H20N4O4S2. The van der Waals surface area contributed by atoms with E-state index < -0.39 is 15.9 Å². The van der Waals surface area contributed by atoms with E-state index >= 15 is 0 Å². The van der Waals surface area contributed by atoms with E-state index in [9.17, 15) is 13.5 Å². The van der Waals surface area contributed by atoms with E-state index in [-0.39, 0.29) is 17.5 Å². The second kappa shape index (κ2) is 6.87. The van der Waals surface area contributed by atoms with Gasteiger partial charge in [0.25, 0.3) is 0 Å². The summed E-state index contributed by atoms with van der Waals surface area (Å²) in [5.74, 6) is 0.543. The highest BCUT2D eigenvalue weighted by Gasteiger charge is 2.39. The maximum Gasteiger partial charge on any atom is 0.198 e. The monoisotopic (exact) mass is 372 g/mol. The van der Waals surface area contributed by atoms with Gasteiger partial charge in [0.2, 0.25) is 0 Å². The number of furan rings is 1. The van der Waals surface area contributed by atoms with Gasteiger partial charge in [0.15, 0.2) is 20.1 Å². The Bertz CT molecular complexity index is 801. The quantitative estimate of drug-likeness (QED) is 0.784. The normalized spacial score (nSPS) is 23.2. The second-order valence-corrected chi connectivity index (χ2v) is 8.95. The average molecular weight is 372 g/mol. The van der Waals surface area contributed by atoms with Gasteiger partial charge in [-0.2, -0.15) is 0 Å². The zero-order valence-corrected chi connectivity index (χ0v) is 15.1. The van der Waals surface area contributed by atoms with Crippen LogP contribution in [-0.4, -0.2) is 63.4 Å². The summed E-state index contributed by atoms with van der Waals surface area (Å²) in [6.07, 6.45) is 0.768. The second-order valence-electron chi connectivity index (χ2n) is 5.82. The highest BCUT2D eigenvalue weighted by Crippen LogP contribution is 2.28. The first-order chi connectivity index (χ1) is 11.4. The number of aliphatic hydroxyl groups is 1. The number of rotatable bonds is 6. The third-order valence-corrected chi connectivity index (χ3v) is 6.70. The number of likely N-dealkylation sites (N-methyl/N-ethyl adjacent to an activating group) is 1. The molecule has 3 heterocycles. The molecule has 2 aromatic rings. The lowest BCUT2D eigenvalue weighted by atomic mass is 10.2. The van der Waals surface area contributed by atoms with Crippen molar-refractivity contribution in [2.45, 2.75) is 35.9 Å². The Balaban J connectivity index is 1.68. The largest absolute Gasteiger partial charge is 0.453 e. The van der Waals surface area contributed by atoms with Gasteiger partial charge in [-0.1, -0.05) is 6.92 Å². The minimum Gasteiger partial charge on any atom is -0.453 e. The molecule has 0 spiro atoms. The van der Waals surface area contributed by atoms with Gasteiger partial charge in [-0.15, -0.1) is 10.2 Å². The molecule has 1 saturated heterocycles. The molecule has 1 aliphatic heterocycles. The van der Waals surface area contributed by atoms with Crippen molar-refractivity contribution in [2.24, 2.45) is 7.05 Å². The lowest BCUT2D eigenvalue weighted by Gasteiger charge is -2.27. The van der Waals surface area contributed by atoms with E-state index in [1.807, 2.05) is 31.0 Å². The third-order valence-electron chi connectivity index (χ3n) is 4.03. The summed E-state index contributed by atoms with van der Waals surface area (Å²) in [6, 6.07) is 3.32. The molecule has 0 saturated carbocycles. The van der Waals surface area contributed by atoms with Crippen LogP contribution in [0.5, 0.6) is 0 Å². The van der Waals surface area contributed by atoms with Crippen molar-refractivity contribution in [3.05, 3.63) is 24.2 Å². The Labute approximate surface area is 144 Å². The fraction of sp³-hybridized carbons (Fsp3) is 0.571. The highest BCUT2D eigenvalue weighted by atomic mass is 32.2. The summed E-state index contributed by atoms with van der Waals surface area (Å²) in [7, 11) is -1.32. The Morgan fingerprint density at radius 2 is 2.25 bits per heavy atom. The Morgan fingerprint density at radius 3 is 2.83 bits per heavy atom. The van der Waals surface area contributed by atoms with Crippen molar-refractivity contribution in [1.29, 1.82) is 0 Å². The van der Waals surface area contributed by atoms with Crippen molar-refractivity contribution in [3.8, 4) is 0 Å². The van der Waals surface area contributed by atoms with E-state index in [0.717, 1.165) is 10.9 Å². The smallest absolute Gasteiger partial charge is 0.198 e. The number of aromatic nitrogens is 3. The van der Waals surface area contributed by atoms with Crippen LogP contribution in [0.25, 0.3) is 0 Å². The van der Waals surface area contributed by atoms with Crippen molar-refractivity contribution in [3.63, 3.8) is 0 Å². The lowest BCUT2D eigenvalue weighted by molar-refractivity contribution is 0.0767. The fourth-order valence-corrected chi connectivity index (χ4v) is 5.35. The van der Waals surface area contributed by atoms with Gasteiger partial charge in [-0.25, -0.2) is 8.42 Å². The molecule has 1 N–H and O–H groups in total. The van der Waals surface area contributed by atoms with Gasteiger partial charge in [-0.3, -0.25) is 4.90 Å². The first-order valence-corrected chi connectivity index (χ1v) is 10.2. The number of hydrogen-bond donors (Lipinski definition) is 1. The van der Waals surface area contributed by atoms with E-state index in [4.69, 9.17) is 4.42 Å². The summed E-state index contributed by atoms with van der Waals surface area (Å²) in [5.41, 5.74) is 0. The van der Waals surface area contributed by atoms with Gasteiger partial charge in [0, 0.05) is 7.05 Å². The van der Waals surface area contributed by atoms with Gasteiger partial charge >= 0.3 is 0 Å². The molecule has 24 heavy (non-hydrogen) atoms. The number of sulfone groups is 1. The van der Waals surface area contributed by atoms with Crippen molar-refractivity contribution < 1.29 is 17.9 Å². The number of nitrogens with zero attached hydrogens (tertiary/aromatic N) is 4. The minimum atomic E-state index is -3.17. The summed E-state index contributed by atoms with van der Waals surface area (Å²) in [5, 5.41) is 19.3. The zero-order chi connectivity index (χ0) is 17.3. The number of hydrogen-bond acceptors (Lipinski definition) is 8. The van der Waals surface area contributed by atoms with Gasteiger partial charge < -0.3 is 14.1 Å². The Hall–Kier alpha value is -1.36. The number of aryl methyl sites for hydroxylation is 1. The molecule has 1 aliphatic rings. The molecule has 132 valence electrons. The topological polar surface area (TPSA) is 101 Å². The molecule has 0 bridgehead atoms. The van der Waals surface area contributed by atoms with Gasteiger partial charge in [-0.05, 0) is 30.4 Å². The standard InChI is InChI=1S/C14H20N4O4S2/c1-3-18(11-7-24(20,21)8-12(11)19)6-10-4-5-13(22-10)23-14-16-15-9-17(14)2/h4-5,9,11-12,19H,3,6-8H2,1-2H3/t11-,12-/m1/s1. The van der Waals surface area contributed by atoms with Crippen molar-refractivity contribution in [1.82, 2.24) is 19.7 Å². The molecular weight excluding hydrogens is 352 g/mol. The molecule has 0 aliphatic carbocycles. The predicted octanol–water partition coefficient (Wildman–Crippen LogP) is 0.539. The van der Waals surface area contributed by atoms with Crippen LogP contribution in [0.15, 0.2) is 33.1 Å². The van der Waals surface area contributed by atoms with Crippen LogP contribution in [0, 0.1) is 0 Å². The molecule has 0 amide bonds. The van der Waals surface area contributed by atoms with Crippen molar-refractivity contribution in [2.75, 3.05) is 18.1 Å². The highest BCUT2D eigenvalue weighted by molar-refractivity contribution is 7.99. The maximum atomic E-state index is 11.7. The SMILES string of the molecule is CCN(Cc1ccc(Sc2nncn2C)o1)[C@@H]1CS(=O)(=O)C[C@H]1O. The molecule has 2 atom stereocenters. The Kier molecular flexibility index (Phi) is 5.00. The summed E-state index contributed by atoms with van der Waals surface area (Å²) >= 11 is 1.37. The maximum absolute atomic E-state index is 11.7. The minimum absolute atomic E-state index is 0.0107. The van der Waals surface area contributed by atoms with Crippen LogP contribution < -0.4 is 0 Å². The fourth-order valence-electron chi connectivity index (χ4n) is 2.78. The predicted molar refractivity (Wildman–Crippen MR) is 88.4 cm³/mol. The van der Waals surface area contributed by atoms with E-state index in [1.165, 1.54) is 11.8 Å². The molecule has 8 nitrogen and oxygen atoms in total. The molecule has 0 radical (unpaired) electrons. The summed E-state index contributed by atoms with van der Waals surface area (Å²) in [6.45, 7) is 3.02. The van der Waals surface area contributed by atoms with Crippen LogP contribution in [-0.2, 0) is 23.4 Å². The first-order valence-electron chi connectivity index (χ1n) is 7.61. The van der Waals surface area contributed by atoms with E-state index in [2.05, 4.69) is 10.2 Å². The van der Waals surface area contributed by atoms with Crippen LogP contribution in [0.4, 0.5) is 0 Å². The van der Waals surface area contributed by atoms with Gasteiger partial charge in [0.1, 0.15) is 12.1 Å². The van der Waals surface area contributed by atoms with Crippen LogP contribution in [0.3, 0.4) is 0 Å². The average Bonchev–Trinajstić information content (AvgIpc) is 3.18. The molecule has 1 fully saturated rings. The molecule has 0 unspecified atom stereocenters. The van der Waals surface area contributed by atoms with Crippen LogP contribution in [0.2, 0.25) is 0 Å². The van der Waals surface area contributed by atoms with Crippen LogP contribution >= 0.6 is 11.8 Å². The molecule has 2 aromatic heterocycles. The van der Waals surface area contributed by atoms with E-state index in [0.29, 0.717) is 18.2 Å². The zero-order valence-electron chi connectivity index (χ0n) is 13.5. The molecule has 10 heteroatoms. The summed E-state index contributed by atoms with van der Waals surface area (Å²) in [4.78, 5) is 1.94.